The van der Waals surface area contributed by atoms with Gasteiger partial charge in [-0.05, 0) is 26.3 Å². The van der Waals surface area contributed by atoms with E-state index in [1.807, 2.05) is 45.0 Å². The molecule has 1 unspecified atom stereocenters. The topological polar surface area (TPSA) is 83.8 Å². The first-order chi connectivity index (χ1) is 8.99. The van der Waals surface area contributed by atoms with E-state index in [9.17, 15) is 4.79 Å². The number of aromatic amines is 1. The molecule has 1 amide bonds. The summed E-state index contributed by atoms with van der Waals surface area (Å²) in [6, 6.07) is 6.90. The van der Waals surface area contributed by atoms with Crippen molar-refractivity contribution < 1.29 is 4.79 Å². The third kappa shape index (κ3) is 2.82. The number of aryl methyl sites for hydroxylation is 2. The van der Waals surface area contributed by atoms with Gasteiger partial charge in [-0.1, -0.05) is 29.8 Å². The van der Waals surface area contributed by atoms with Crippen molar-refractivity contribution in [1.82, 2.24) is 10.2 Å². The lowest BCUT2D eigenvalue weighted by Gasteiger charge is -2.12. The summed E-state index contributed by atoms with van der Waals surface area (Å²) in [5.74, 6) is 0.267. The lowest BCUT2D eigenvalue weighted by atomic mass is 10.1. The van der Waals surface area contributed by atoms with E-state index in [1.165, 1.54) is 0 Å². The van der Waals surface area contributed by atoms with Crippen LogP contribution in [0.3, 0.4) is 0 Å². The number of nitrogens with zero attached hydrogens (tertiary/aromatic N) is 1. The monoisotopic (exact) mass is 258 g/mol. The molecule has 100 valence electrons. The molecule has 19 heavy (non-hydrogen) atoms. The summed E-state index contributed by atoms with van der Waals surface area (Å²) in [6.45, 7) is 5.79. The number of carbonyl (C=O) groups is 1. The third-order valence-corrected chi connectivity index (χ3v) is 3.21. The Balaban J connectivity index is 2.11. The minimum atomic E-state index is -0.697. The fraction of sp³-hybridized carbons (Fsp3) is 0.286. The van der Waals surface area contributed by atoms with Crippen LogP contribution < -0.4 is 11.1 Å². The van der Waals surface area contributed by atoms with E-state index >= 15 is 0 Å². The second kappa shape index (κ2) is 5.24. The van der Waals surface area contributed by atoms with Crippen molar-refractivity contribution in [1.29, 1.82) is 0 Å². The number of H-pyrrole nitrogens is 1. The molecule has 0 saturated carbocycles. The summed E-state index contributed by atoms with van der Waals surface area (Å²) in [5, 5.41) is 9.59. The summed E-state index contributed by atoms with van der Waals surface area (Å²) in [7, 11) is 0. The molecule has 0 aliphatic heterocycles. The highest BCUT2D eigenvalue weighted by Gasteiger charge is 2.18. The van der Waals surface area contributed by atoms with Gasteiger partial charge in [0.25, 0.3) is 0 Å². The van der Waals surface area contributed by atoms with Gasteiger partial charge in [-0.2, -0.15) is 5.10 Å². The summed E-state index contributed by atoms with van der Waals surface area (Å²) < 4.78 is 0. The molecule has 1 atom stereocenters. The normalized spacial score (nSPS) is 12.2. The first-order valence-electron chi connectivity index (χ1n) is 6.13. The highest BCUT2D eigenvalue weighted by Crippen LogP contribution is 2.17. The van der Waals surface area contributed by atoms with Crippen molar-refractivity contribution in [3.63, 3.8) is 0 Å². The first kappa shape index (κ1) is 13.3. The maximum atomic E-state index is 12.1. The Hall–Kier alpha value is -2.14. The van der Waals surface area contributed by atoms with Crippen molar-refractivity contribution >= 4 is 11.7 Å². The molecule has 0 radical (unpaired) electrons. The average molecular weight is 258 g/mol. The molecule has 0 aliphatic rings. The molecule has 2 aromatic rings. The highest BCUT2D eigenvalue weighted by atomic mass is 16.2. The van der Waals surface area contributed by atoms with Gasteiger partial charge in [0.05, 0.1) is 0 Å². The summed E-state index contributed by atoms with van der Waals surface area (Å²) >= 11 is 0. The number of benzene rings is 1. The zero-order valence-electron chi connectivity index (χ0n) is 11.3. The van der Waals surface area contributed by atoms with E-state index in [0.29, 0.717) is 5.82 Å². The van der Waals surface area contributed by atoms with Crippen LogP contribution in [0.25, 0.3) is 0 Å². The number of amides is 1. The van der Waals surface area contributed by atoms with Crippen molar-refractivity contribution in [3.05, 3.63) is 46.6 Å². The standard InChI is InChI=1S/C14H18N4O/c1-8-4-6-11(7-5-8)12(15)14(19)16-13-9(2)10(3)17-18-13/h4-7,12H,15H2,1-3H3,(H2,16,17,18,19). The summed E-state index contributed by atoms with van der Waals surface area (Å²) in [6.07, 6.45) is 0. The summed E-state index contributed by atoms with van der Waals surface area (Å²) in [4.78, 5) is 12.1. The first-order valence-corrected chi connectivity index (χ1v) is 6.13. The largest absolute Gasteiger partial charge is 0.316 e. The van der Waals surface area contributed by atoms with Crippen molar-refractivity contribution in [2.24, 2.45) is 5.73 Å². The molecule has 0 saturated heterocycles. The van der Waals surface area contributed by atoms with E-state index in [4.69, 9.17) is 5.73 Å². The van der Waals surface area contributed by atoms with Gasteiger partial charge in [0.1, 0.15) is 6.04 Å². The molecule has 2 rings (SSSR count). The van der Waals surface area contributed by atoms with Crippen LogP contribution in [0.4, 0.5) is 5.82 Å². The number of carbonyl (C=O) groups excluding carboxylic acids is 1. The van der Waals surface area contributed by atoms with E-state index in [2.05, 4.69) is 15.5 Å². The van der Waals surface area contributed by atoms with Gasteiger partial charge >= 0.3 is 0 Å². The second-order valence-electron chi connectivity index (χ2n) is 4.70. The highest BCUT2D eigenvalue weighted by molar-refractivity contribution is 5.95. The van der Waals surface area contributed by atoms with Crippen LogP contribution in [0.2, 0.25) is 0 Å². The van der Waals surface area contributed by atoms with Crippen LogP contribution in [-0.2, 0) is 4.79 Å². The molecule has 0 aliphatic carbocycles. The van der Waals surface area contributed by atoms with Gasteiger partial charge in [-0.25, -0.2) is 0 Å². The quantitative estimate of drug-likeness (QED) is 0.787. The molecule has 4 N–H and O–H groups in total. The number of hydrogen-bond acceptors (Lipinski definition) is 3. The molecular formula is C14H18N4O. The van der Waals surface area contributed by atoms with Gasteiger partial charge in [0, 0.05) is 11.3 Å². The third-order valence-electron chi connectivity index (χ3n) is 3.21. The Kier molecular flexibility index (Phi) is 3.66. The number of nitrogens with two attached hydrogens (primary N) is 1. The number of anilines is 1. The SMILES string of the molecule is Cc1ccc(C(N)C(=O)Nc2n[nH]c(C)c2C)cc1. The molecule has 0 bridgehead atoms. The molecule has 1 heterocycles. The van der Waals surface area contributed by atoms with E-state index in [-0.39, 0.29) is 5.91 Å². The zero-order chi connectivity index (χ0) is 14.0. The van der Waals surface area contributed by atoms with Gasteiger partial charge in [0.15, 0.2) is 5.82 Å². The van der Waals surface area contributed by atoms with E-state index < -0.39 is 6.04 Å². The van der Waals surface area contributed by atoms with Gasteiger partial charge in [-0.3, -0.25) is 9.89 Å². The van der Waals surface area contributed by atoms with Crippen LogP contribution >= 0.6 is 0 Å². The van der Waals surface area contributed by atoms with Crippen molar-refractivity contribution in [3.8, 4) is 0 Å². The Bertz CT molecular complexity index is 586. The van der Waals surface area contributed by atoms with Crippen LogP contribution in [0.5, 0.6) is 0 Å². The number of hydrogen-bond donors (Lipinski definition) is 3. The maximum absolute atomic E-state index is 12.1. The van der Waals surface area contributed by atoms with Crippen molar-refractivity contribution in [2.45, 2.75) is 26.8 Å². The Labute approximate surface area is 112 Å². The molecule has 1 aromatic carbocycles. The van der Waals surface area contributed by atoms with Crippen LogP contribution in [0.1, 0.15) is 28.4 Å². The minimum absolute atomic E-state index is 0.265. The fourth-order valence-corrected chi connectivity index (χ4v) is 1.73. The second-order valence-corrected chi connectivity index (χ2v) is 4.70. The number of nitrogens with one attached hydrogen (secondary N) is 2. The number of rotatable bonds is 3. The molecule has 0 fully saturated rings. The Morgan fingerprint density at radius 2 is 1.89 bits per heavy atom. The van der Waals surface area contributed by atoms with Crippen LogP contribution in [0, 0.1) is 20.8 Å². The van der Waals surface area contributed by atoms with E-state index in [0.717, 1.165) is 22.4 Å². The maximum Gasteiger partial charge on any atom is 0.247 e. The molecule has 1 aromatic heterocycles. The molecule has 5 nitrogen and oxygen atoms in total. The van der Waals surface area contributed by atoms with Crippen LogP contribution in [-0.4, -0.2) is 16.1 Å². The zero-order valence-corrected chi connectivity index (χ0v) is 11.3. The molecule has 0 spiro atoms. The fourth-order valence-electron chi connectivity index (χ4n) is 1.73. The lowest BCUT2D eigenvalue weighted by Crippen LogP contribution is -2.28. The Morgan fingerprint density at radius 1 is 1.26 bits per heavy atom. The van der Waals surface area contributed by atoms with E-state index in [1.54, 1.807) is 0 Å². The smallest absolute Gasteiger partial charge is 0.247 e. The predicted octanol–water partition coefficient (Wildman–Crippen LogP) is 1.97. The lowest BCUT2D eigenvalue weighted by molar-refractivity contribution is -0.117. The minimum Gasteiger partial charge on any atom is -0.316 e. The van der Waals surface area contributed by atoms with Gasteiger partial charge in [0.2, 0.25) is 5.91 Å². The average Bonchev–Trinajstić information content (AvgIpc) is 2.71. The van der Waals surface area contributed by atoms with Crippen LogP contribution in [0.15, 0.2) is 24.3 Å². The molecule has 5 heteroatoms. The predicted molar refractivity (Wildman–Crippen MR) is 74.8 cm³/mol. The van der Waals surface area contributed by atoms with Gasteiger partial charge in [-0.15, -0.1) is 0 Å². The number of aromatic nitrogens is 2. The van der Waals surface area contributed by atoms with Gasteiger partial charge < -0.3 is 11.1 Å². The van der Waals surface area contributed by atoms with Crippen molar-refractivity contribution in [2.75, 3.05) is 5.32 Å². The summed E-state index contributed by atoms with van der Waals surface area (Å²) in [5.41, 5.74) is 9.71. The molecular weight excluding hydrogens is 240 g/mol. The Morgan fingerprint density at radius 3 is 2.42 bits per heavy atom.